The van der Waals surface area contributed by atoms with Crippen LogP contribution in [-0.4, -0.2) is 48.7 Å². The van der Waals surface area contributed by atoms with E-state index >= 15 is 0 Å². The van der Waals surface area contributed by atoms with Crippen LogP contribution in [0.5, 0.6) is 0 Å². The van der Waals surface area contributed by atoms with E-state index in [1.807, 2.05) is 0 Å². The topological polar surface area (TPSA) is 130 Å². The summed E-state index contributed by atoms with van der Waals surface area (Å²) in [6, 6.07) is 16.2. The Labute approximate surface area is 260 Å². The van der Waals surface area contributed by atoms with Crippen molar-refractivity contribution in [3.05, 3.63) is 98.5 Å². The molecule has 43 heavy (non-hydrogen) atoms. The van der Waals surface area contributed by atoms with Gasteiger partial charge in [0.05, 0.1) is 15.5 Å². The molecule has 3 aromatic rings. The molecule has 2 amide bonds. The highest BCUT2D eigenvalue weighted by atomic mass is 35.5. The van der Waals surface area contributed by atoms with Crippen LogP contribution < -0.4 is 9.62 Å². The summed E-state index contributed by atoms with van der Waals surface area (Å²) < 4.78 is 28.6. The van der Waals surface area contributed by atoms with E-state index in [-0.39, 0.29) is 39.8 Å². The third-order valence-electron chi connectivity index (χ3n) is 7.43. The number of carbonyl (C=O) groups excluding carboxylic acids is 2. The van der Waals surface area contributed by atoms with Gasteiger partial charge in [-0.05, 0) is 61.7 Å². The Balaban J connectivity index is 1.70. The fourth-order valence-electron chi connectivity index (χ4n) is 4.97. The zero-order chi connectivity index (χ0) is 31.1. The summed E-state index contributed by atoms with van der Waals surface area (Å²) in [7, 11) is -4.30. The molecule has 1 fully saturated rings. The third-order valence-corrected chi connectivity index (χ3v) is 9.81. The van der Waals surface area contributed by atoms with E-state index in [0.717, 1.165) is 36.4 Å². The van der Waals surface area contributed by atoms with E-state index in [2.05, 4.69) is 5.32 Å². The summed E-state index contributed by atoms with van der Waals surface area (Å²) in [5, 5.41) is 14.9. The van der Waals surface area contributed by atoms with Crippen LogP contribution in [0.1, 0.15) is 44.6 Å². The molecule has 3 aromatic carbocycles. The highest BCUT2D eigenvalue weighted by Gasteiger charge is 2.33. The summed E-state index contributed by atoms with van der Waals surface area (Å²) >= 11 is 12.5. The molecule has 1 unspecified atom stereocenters. The highest BCUT2D eigenvalue weighted by Crippen LogP contribution is 2.28. The Morgan fingerprint density at radius 1 is 1.00 bits per heavy atom. The third kappa shape index (κ3) is 8.04. The number of amides is 2. The molecule has 13 heteroatoms. The first kappa shape index (κ1) is 32.2. The number of hydrogen-bond donors (Lipinski definition) is 1. The predicted octanol–water partition coefficient (Wildman–Crippen LogP) is 5.96. The predicted molar refractivity (Wildman–Crippen MR) is 166 cm³/mol. The molecule has 1 aliphatic carbocycles. The van der Waals surface area contributed by atoms with E-state index in [9.17, 15) is 28.1 Å². The molecule has 0 heterocycles. The van der Waals surface area contributed by atoms with Crippen LogP contribution in [0.4, 0.5) is 11.4 Å². The second kappa shape index (κ2) is 14.2. The van der Waals surface area contributed by atoms with Gasteiger partial charge in [-0.3, -0.25) is 24.0 Å². The Morgan fingerprint density at radius 3 is 2.26 bits per heavy atom. The average Bonchev–Trinajstić information content (AvgIpc) is 3.00. The number of anilines is 1. The average molecular weight is 648 g/mol. The maximum absolute atomic E-state index is 14.1. The van der Waals surface area contributed by atoms with Gasteiger partial charge in [-0.1, -0.05) is 66.7 Å². The maximum atomic E-state index is 14.1. The minimum atomic E-state index is -4.30. The van der Waals surface area contributed by atoms with Crippen molar-refractivity contribution in [1.82, 2.24) is 10.2 Å². The zero-order valence-electron chi connectivity index (χ0n) is 23.5. The molecule has 4 rings (SSSR count). The van der Waals surface area contributed by atoms with Gasteiger partial charge in [0.2, 0.25) is 11.8 Å². The Bertz CT molecular complexity index is 1570. The minimum absolute atomic E-state index is 0.00478. The van der Waals surface area contributed by atoms with Crippen LogP contribution >= 0.6 is 23.2 Å². The first-order chi connectivity index (χ1) is 20.5. The van der Waals surface area contributed by atoms with Crippen molar-refractivity contribution in [3.8, 4) is 0 Å². The van der Waals surface area contributed by atoms with Crippen molar-refractivity contribution in [2.24, 2.45) is 0 Å². The molecule has 0 bridgehead atoms. The number of hydrogen-bond acceptors (Lipinski definition) is 6. The van der Waals surface area contributed by atoms with Gasteiger partial charge in [0, 0.05) is 34.8 Å². The fourth-order valence-corrected chi connectivity index (χ4v) is 6.88. The number of nitrogens with zero attached hydrogens (tertiary/aromatic N) is 3. The van der Waals surface area contributed by atoms with E-state index < -0.39 is 33.4 Å². The molecule has 0 saturated heterocycles. The highest BCUT2D eigenvalue weighted by molar-refractivity contribution is 7.92. The number of nitrogens with one attached hydrogen (secondary N) is 1. The minimum Gasteiger partial charge on any atom is -0.352 e. The van der Waals surface area contributed by atoms with Gasteiger partial charge in [0.1, 0.15) is 12.6 Å². The van der Waals surface area contributed by atoms with E-state index in [1.54, 1.807) is 37.3 Å². The lowest BCUT2D eigenvalue weighted by Gasteiger charge is -2.33. The summed E-state index contributed by atoms with van der Waals surface area (Å²) in [6.45, 7) is 0.816. The largest absolute Gasteiger partial charge is 0.352 e. The Kier molecular flexibility index (Phi) is 10.6. The number of halogens is 2. The van der Waals surface area contributed by atoms with Crippen LogP contribution in [0.15, 0.2) is 77.7 Å². The smallest absolute Gasteiger partial charge is 0.269 e. The molecule has 0 aromatic heterocycles. The standard InChI is InChI=1S/C30H32Cl2N4O6S/c1-21(30(38)33-24-8-4-2-5-9-24)34(19-22-12-13-23(31)18-28(22)32)29(37)20-35(25-14-16-26(17-15-25)36(39)40)43(41,42)27-10-6-3-7-11-27/h3,6-7,10-18,21,24H,2,4-5,8-9,19-20H2,1H3,(H,33,38). The molecule has 0 aliphatic heterocycles. The molecular formula is C30H32Cl2N4O6S. The lowest BCUT2D eigenvalue weighted by molar-refractivity contribution is -0.384. The molecular weight excluding hydrogens is 615 g/mol. The van der Waals surface area contributed by atoms with Crippen molar-refractivity contribution in [2.75, 3.05) is 10.8 Å². The number of nitro groups is 1. The van der Waals surface area contributed by atoms with Crippen LogP contribution in [0.25, 0.3) is 0 Å². The van der Waals surface area contributed by atoms with Crippen LogP contribution in [0.2, 0.25) is 10.0 Å². The van der Waals surface area contributed by atoms with Crippen molar-refractivity contribution >= 4 is 56.4 Å². The van der Waals surface area contributed by atoms with Crippen LogP contribution in [0.3, 0.4) is 0 Å². The summed E-state index contributed by atoms with van der Waals surface area (Å²) in [4.78, 5) is 39.3. The van der Waals surface area contributed by atoms with Crippen molar-refractivity contribution < 1.29 is 22.9 Å². The summed E-state index contributed by atoms with van der Waals surface area (Å²) in [6.07, 6.45) is 4.81. The number of sulfonamides is 1. The van der Waals surface area contributed by atoms with Crippen molar-refractivity contribution in [2.45, 2.75) is 62.6 Å². The normalized spacial score (nSPS) is 14.5. The molecule has 1 saturated carbocycles. The van der Waals surface area contributed by atoms with Gasteiger partial charge in [0.15, 0.2) is 0 Å². The van der Waals surface area contributed by atoms with Crippen LogP contribution in [-0.2, 0) is 26.2 Å². The number of rotatable bonds is 11. The molecule has 1 N–H and O–H groups in total. The second-order valence-electron chi connectivity index (χ2n) is 10.4. The Morgan fingerprint density at radius 2 is 1.65 bits per heavy atom. The van der Waals surface area contributed by atoms with Crippen LogP contribution in [0, 0.1) is 10.1 Å². The van der Waals surface area contributed by atoms with Crippen molar-refractivity contribution in [3.63, 3.8) is 0 Å². The number of carbonyl (C=O) groups is 2. The quantitative estimate of drug-likeness (QED) is 0.202. The first-order valence-corrected chi connectivity index (χ1v) is 16.0. The molecule has 0 spiro atoms. The lowest BCUT2D eigenvalue weighted by atomic mass is 9.95. The molecule has 1 atom stereocenters. The van der Waals surface area contributed by atoms with Gasteiger partial charge in [0.25, 0.3) is 15.7 Å². The maximum Gasteiger partial charge on any atom is 0.269 e. The van der Waals surface area contributed by atoms with Gasteiger partial charge < -0.3 is 10.2 Å². The van der Waals surface area contributed by atoms with E-state index in [0.29, 0.717) is 10.6 Å². The van der Waals surface area contributed by atoms with Gasteiger partial charge in [-0.2, -0.15) is 0 Å². The van der Waals surface area contributed by atoms with Gasteiger partial charge in [-0.15, -0.1) is 0 Å². The number of benzene rings is 3. The number of non-ortho nitro benzene ring substituents is 1. The van der Waals surface area contributed by atoms with E-state index in [1.165, 1.54) is 47.4 Å². The van der Waals surface area contributed by atoms with Gasteiger partial charge >= 0.3 is 0 Å². The zero-order valence-corrected chi connectivity index (χ0v) is 25.8. The Hall–Kier alpha value is -3.67. The molecule has 10 nitrogen and oxygen atoms in total. The van der Waals surface area contributed by atoms with Crippen molar-refractivity contribution in [1.29, 1.82) is 0 Å². The van der Waals surface area contributed by atoms with E-state index in [4.69, 9.17) is 23.2 Å². The molecule has 0 radical (unpaired) electrons. The number of nitro benzene ring substituents is 1. The fraction of sp³-hybridized carbons (Fsp3) is 0.333. The lowest BCUT2D eigenvalue weighted by Crippen LogP contribution is -2.53. The first-order valence-electron chi connectivity index (χ1n) is 13.8. The van der Waals surface area contributed by atoms with Gasteiger partial charge in [-0.25, -0.2) is 8.42 Å². The summed E-state index contributed by atoms with van der Waals surface area (Å²) in [5.41, 5.74) is 0.329. The second-order valence-corrected chi connectivity index (χ2v) is 13.1. The summed E-state index contributed by atoms with van der Waals surface area (Å²) in [5.74, 6) is -1.03. The molecule has 1 aliphatic rings. The monoisotopic (exact) mass is 646 g/mol. The SMILES string of the molecule is CC(C(=O)NC1CCCCC1)N(Cc1ccc(Cl)cc1Cl)C(=O)CN(c1ccc([N+](=O)[O-])cc1)S(=O)(=O)c1ccccc1. The molecule has 228 valence electrons.